The number of nitrogens with zero attached hydrogens (tertiary/aromatic N) is 1. The second-order valence-corrected chi connectivity index (χ2v) is 6.28. The maximum Gasteiger partial charge on any atom is 0.226 e. The lowest BCUT2D eigenvalue weighted by Crippen LogP contribution is -2.55. The molecule has 1 aromatic rings. The van der Waals surface area contributed by atoms with Gasteiger partial charge in [0.25, 0.3) is 0 Å². The van der Waals surface area contributed by atoms with Crippen molar-refractivity contribution < 1.29 is 9.53 Å². The van der Waals surface area contributed by atoms with Crippen molar-refractivity contribution in [1.29, 1.82) is 0 Å². The first-order valence-electron chi connectivity index (χ1n) is 7.84. The molecule has 4 nitrogen and oxygen atoms in total. The van der Waals surface area contributed by atoms with Crippen molar-refractivity contribution in [1.82, 2.24) is 10.2 Å². The second-order valence-electron chi connectivity index (χ2n) is 6.28. The minimum absolute atomic E-state index is 0. The van der Waals surface area contributed by atoms with Gasteiger partial charge in [0.15, 0.2) is 0 Å². The smallest absolute Gasteiger partial charge is 0.226 e. The SMILES string of the molecule is CC(C(=O)N1CC(c2ccccc2)OCC1C)C1CNC1.Cl. The molecular formula is C17H25ClN2O2. The van der Waals surface area contributed by atoms with E-state index in [1.165, 1.54) is 0 Å². The topological polar surface area (TPSA) is 41.6 Å². The number of rotatable bonds is 3. The third kappa shape index (κ3) is 3.45. The monoisotopic (exact) mass is 324 g/mol. The van der Waals surface area contributed by atoms with Gasteiger partial charge in [0, 0.05) is 5.92 Å². The quantitative estimate of drug-likeness (QED) is 0.927. The lowest BCUT2D eigenvalue weighted by molar-refractivity contribution is -0.150. The average molecular weight is 325 g/mol. The summed E-state index contributed by atoms with van der Waals surface area (Å²) < 4.78 is 5.93. The highest BCUT2D eigenvalue weighted by Crippen LogP contribution is 2.27. The van der Waals surface area contributed by atoms with Crippen molar-refractivity contribution in [3.63, 3.8) is 0 Å². The number of ether oxygens (including phenoxy) is 1. The Morgan fingerprint density at radius 2 is 2.00 bits per heavy atom. The molecule has 122 valence electrons. The average Bonchev–Trinajstić information content (AvgIpc) is 2.46. The molecule has 1 N–H and O–H groups in total. The molecular weight excluding hydrogens is 300 g/mol. The molecule has 3 rings (SSSR count). The first-order chi connectivity index (χ1) is 10.2. The Bertz CT molecular complexity index is 493. The molecule has 2 fully saturated rings. The Kier molecular flexibility index (Phi) is 5.84. The summed E-state index contributed by atoms with van der Waals surface area (Å²) in [6.07, 6.45) is -0.00179. The van der Waals surface area contributed by atoms with Crippen LogP contribution in [-0.4, -0.2) is 43.1 Å². The van der Waals surface area contributed by atoms with Gasteiger partial charge in [-0.15, -0.1) is 12.4 Å². The summed E-state index contributed by atoms with van der Waals surface area (Å²) in [4.78, 5) is 14.8. The van der Waals surface area contributed by atoms with Crippen molar-refractivity contribution in [3.8, 4) is 0 Å². The Morgan fingerprint density at radius 3 is 2.59 bits per heavy atom. The van der Waals surface area contributed by atoms with Crippen molar-refractivity contribution >= 4 is 18.3 Å². The Labute approximate surface area is 138 Å². The van der Waals surface area contributed by atoms with Crippen molar-refractivity contribution in [3.05, 3.63) is 35.9 Å². The van der Waals surface area contributed by atoms with E-state index in [4.69, 9.17) is 4.74 Å². The molecule has 2 aliphatic heterocycles. The standard InChI is InChI=1S/C17H24N2O2.ClH/c1-12-11-21-16(14-6-4-3-5-7-14)10-19(12)17(20)13(2)15-8-18-9-15;/h3-7,12-13,15-16,18H,8-11H2,1-2H3;1H. The van der Waals surface area contributed by atoms with Crippen LogP contribution < -0.4 is 5.32 Å². The van der Waals surface area contributed by atoms with Gasteiger partial charge in [-0.1, -0.05) is 37.3 Å². The zero-order chi connectivity index (χ0) is 14.8. The van der Waals surface area contributed by atoms with Crippen LogP contribution in [0.1, 0.15) is 25.5 Å². The van der Waals surface area contributed by atoms with E-state index >= 15 is 0 Å². The highest BCUT2D eigenvalue weighted by atomic mass is 35.5. The minimum Gasteiger partial charge on any atom is -0.370 e. The zero-order valence-corrected chi connectivity index (χ0v) is 14.0. The van der Waals surface area contributed by atoms with E-state index in [0.29, 0.717) is 19.1 Å². The highest BCUT2D eigenvalue weighted by molar-refractivity contribution is 5.85. The maximum absolute atomic E-state index is 12.8. The van der Waals surface area contributed by atoms with E-state index in [2.05, 4.69) is 31.3 Å². The lowest BCUT2D eigenvalue weighted by Gasteiger charge is -2.42. The van der Waals surface area contributed by atoms with Crippen LogP contribution in [0.25, 0.3) is 0 Å². The van der Waals surface area contributed by atoms with E-state index in [0.717, 1.165) is 18.7 Å². The molecule has 1 aromatic carbocycles. The Hall–Kier alpha value is -1.10. The van der Waals surface area contributed by atoms with Gasteiger partial charge in [-0.05, 0) is 31.5 Å². The van der Waals surface area contributed by atoms with Crippen LogP contribution in [0.5, 0.6) is 0 Å². The summed E-state index contributed by atoms with van der Waals surface area (Å²) in [5.74, 6) is 0.865. The molecule has 0 aliphatic carbocycles. The summed E-state index contributed by atoms with van der Waals surface area (Å²) in [7, 11) is 0. The fourth-order valence-electron chi connectivity index (χ4n) is 3.06. The third-order valence-corrected chi connectivity index (χ3v) is 4.80. The van der Waals surface area contributed by atoms with Gasteiger partial charge in [0.2, 0.25) is 5.91 Å². The Morgan fingerprint density at radius 1 is 1.32 bits per heavy atom. The molecule has 2 saturated heterocycles. The van der Waals surface area contributed by atoms with E-state index in [9.17, 15) is 4.79 Å². The Balaban J connectivity index is 0.00000176. The predicted octanol–water partition coefficient (Wildman–Crippen LogP) is 2.25. The zero-order valence-electron chi connectivity index (χ0n) is 13.2. The third-order valence-electron chi connectivity index (χ3n) is 4.80. The number of hydrogen-bond acceptors (Lipinski definition) is 3. The molecule has 0 spiro atoms. The molecule has 1 amide bonds. The second kappa shape index (κ2) is 7.44. The van der Waals surface area contributed by atoms with Crippen LogP contribution in [0.4, 0.5) is 0 Å². The number of morpholine rings is 1. The van der Waals surface area contributed by atoms with Gasteiger partial charge in [0.05, 0.1) is 19.2 Å². The van der Waals surface area contributed by atoms with Crippen LogP contribution in [0, 0.1) is 11.8 Å². The van der Waals surface area contributed by atoms with E-state index in [1.807, 2.05) is 23.1 Å². The molecule has 22 heavy (non-hydrogen) atoms. The van der Waals surface area contributed by atoms with Crippen molar-refractivity contribution in [2.45, 2.75) is 26.0 Å². The summed E-state index contributed by atoms with van der Waals surface area (Å²) in [5, 5.41) is 3.25. The van der Waals surface area contributed by atoms with Crippen molar-refractivity contribution in [2.24, 2.45) is 11.8 Å². The van der Waals surface area contributed by atoms with Crippen LogP contribution >= 0.6 is 12.4 Å². The van der Waals surface area contributed by atoms with Gasteiger partial charge in [-0.3, -0.25) is 4.79 Å². The summed E-state index contributed by atoms with van der Waals surface area (Å²) in [5.41, 5.74) is 1.15. The molecule has 0 saturated carbocycles. The normalized spacial score (nSPS) is 26.7. The molecule has 5 heteroatoms. The number of amides is 1. The summed E-state index contributed by atoms with van der Waals surface area (Å²) in [6.45, 7) is 7.34. The molecule has 0 radical (unpaired) electrons. The summed E-state index contributed by atoms with van der Waals surface area (Å²) in [6, 6.07) is 10.3. The molecule has 0 bridgehead atoms. The number of benzene rings is 1. The summed E-state index contributed by atoms with van der Waals surface area (Å²) >= 11 is 0. The number of halogens is 1. The van der Waals surface area contributed by atoms with Crippen LogP contribution in [0.2, 0.25) is 0 Å². The largest absolute Gasteiger partial charge is 0.370 e. The lowest BCUT2D eigenvalue weighted by atomic mass is 9.87. The van der Waals surface area contributed by atoms with Gasteiger partial charge in [-0.2, -0.15) is 0 Å². The molecule has 3 unspecified atom stereocenters. The van der Waals surface area contributed by atoms with E-state index in [1.54, 1.807) is 0 Å². The number of carbonyl (C=O) groups excluding carboxylic acids is 1. The van der Waals surface area contributed by atoms with Crippen LogP contribution in [0.3, 0.4) is 0 Å². The number of carbonyl (C=O) groups is 1. The van der Waals surface area contributed by atoms with Crippen molar-refractivity contribution in [2.75, 3.05) is 26.2 Å². The minimum atomic E-state index is -0.00179. The van der Waals surface area contributed by atoms with Gasteiger partial charge in [-0.25, -0.2) is 0 Å². The predicted molar refractivity (Wildman–Crippen MR) is 89.1 cm³/mol. The van der Waals surface area contributed by atoms with Gasteiger partial charge >= 0.3 is 0 Å². The molecule has 2 heterocycles. The van der Waals surface area contributed by atoms with Gasteiger partial charge in [0.1, 0.15) is 6.10 Å². The van der Waals surface area contributed by atoms with E-state index < -0.39 is 0 Å². The van der Waals surface area contributed by atoms with Crippen LogP contribution in [0.15, 0.2) is 30.3 Å². The first-order valence-corrected chi connectivity index (χ1v) is 7.84. The number of hydrogen-bond donors (Lipinski definition) is 1. The number of nitrogens with one attached hydrogen (secondary N) is 1. The molecule has 2 aliphatic rings. The fraction of sp³-hybridized carbons (Fsp3) is 0.588. The molecule has 3 atom stereocenters. The highest BCUT2D eigenvalue weighted by Gasteiger charge is 2.36. The van der Waals surface area contributed by atoms with Crippen LogP contribution in [-0.2, 0) is 9.53 Å². The maximum atomic E-state index is 12.8. The first kappa shape index (κ1) is 17.3. The fourth-order valence-corrected chi connectivity index (χ4v) is 3.06. The molecule has 0 aromatic heterocycles. The van der Waals surface area contributed by atoms with E-state index in [-0.39, 0.29) is 36.4 Å². The van der Waals surface area contributed by atoms with Gasteiger partial charge < -0.3 is 15.0 Å².